The second-order valence-corrected chi connectivity index (χ2v) is 6.38. The monoisotopic (exact) mass is 275 g/mol. The molecule has 1 N–H and O–H groups in total. The Balaban J connectivity index is 2.11. The van der Waals surface area contributed by atoms with Crippen LogP contribution in [0.15, 0.2) is 24.3 Å². The van der Waals surface area contributed by atoms with Crippen LogP contribution in [0.2, 0.25) is 0 Å². The molecule has 0 bridgehead atoms. The summed E-state index contributed by atoms with van der Waals surface area (Å²) in [4.78, 5) is 0. The minimum Gasteiger partial charge on any atom is -0.378 e. The number of hydrogen-bond acceptors (Lipinski definition) is 2. The van der Waals surface area contributed by atoms with Gasteiger partial charge in [-0.25, -0.2) is 0 Å². The van der Waals surface area contributed by atoms with Crippen LogP contribution in [0.25, 0.3) is 0 Å². The second kappa shape index (κ2) is 7.24. The van der Waals surface area contributed by atoms with Crippen molar-refractivity contribution in [1.29, 1.82) is 0 Å². The predicted molar refractivity (Wildman–Crippen MR) is 84.9 cm³/mol. The molecule has 0 radical (unpaired) electrons. The SMILES string of the molecule is CCC1OCCC1C(NC)c1ccc(CC(C)C)cc1. The highest BCUT2D eigenvalue weighted by Crippen LogP contribution is 2.34. The lowest BCUT2D eigenvalue weighted by Gasteiger charge is -2.27. The lowest BCUT2D eigenvalue weighted by molar-refractivity contribution is 0.0782. The average molecular weight is 275 g/mol. The third-order valence-corrected chi connectivity index (χ3v) is 4.38. The van der Waals surface area contributed by atoms with E-state index in [4.69, 9.17) is 4.74 Å². The molecule has 2 rings (SSSR count). The Labute approximate surface area is 123 Å². The van der Waals surface area contributed by atoms with Crippen molar-refractivity contribution in [3.05, 3.63) is 35.4 Å². The van der Waals surface area contributed by atoms with Crippen molar-refractivity contribution in [1.82, 2.24) is 5.32 Å². The molecule has 112 valence electrons. The van der Waals surface area contributed by atoms with Crippen molar-refractivity contribution in [3.8, 4) is 0 Å². The van der Waals surface area contributed by atoms with E-state index in [2.05, 4.69) is 57.4 Å². The van der Waals surface area contributed by atoms with E-state index in [1.807, 2.05) is 0 Å². The highest BCUT2D eigenvalue weighted by Gasteiger charge is 2.33. The van der Waals surface area contributed by atoms with Crippen LogP contribution in [-0.4, -0.2) is 19.8 Å². The van der Waals surface area contributed by atoms with Gasteiger partial charge in [-0.05, 0) is 43.4 Å². The van der Waals surface area contributed by atoms with Gasteiger partial charge < -0.3 is 10.1 Å². The van der Waals surface area contributed by atoms with Gasteiger partial charge in [-0.3, -0.25) is 0 Å². The molecule has 3 atom stereocenters. The molecule has 3 unspecified atom stereocenters. The highest BCUT2D eigenvalue weighted by atomic mass is 16.5. The average Bonchev–Trinajstić information content (AvgIpc) is 2.89. The van der Waals surface area contributed by atoms with Gasteiger partial charge in [0.15, 0.2) is 0 Å². The van der Waals surface area contributed by atoms with Crippen molar-refractivity contribution in [2.24, 2.45) is 11.8 Å². The molecule has 20 heavy (non-hydrogen) atoms. The van der Waals surface area contributed by atoms with Gasteiger partial charge in [0.05, 0.1) is 6.10 Å². The zero-order valence-electron chi connectivity index (χ0n) is 13.4. The van der Waals surface area contributed by atoms with Crippen molar-refractivity contribution >= 4 is 0 Å². The van der Waals surface area contributed by atoms with Gasteiger partial charge in [0, 0.05) is 18.6 Å². The topological polar surface area (TPSA) is 21.3 Å². The Hall–Kier alpha value is -0.860. The number of rotatable bonds is 6. The van der Waals surface area contributed by atoms with Gasteiger partial charge in [0.1, 0.15) is 0 Å². The largest absolute Gasteiger partial charge is 0.378 e. The van der Waals surface area contributed by atoms with Crippen LogP contribution in [-0.2, 0) is 11.2 Å². The maximum absolute atomic E-state index is 5.86. The van der Waals surface area contributed by atoms with Crippen LogP contribution < -0.4 is 5.32 Å². The summed E-state index contributed by atoms with van der Waals surface area (Å²) < 4.78 is 5.86. The van der Waals surface area contributed by atoms with Crippen LogP contribution in [0.4, 0.5) is 0 Å². The maximum Gasteiger partial charge on any atom is 0.0619 e. The standard InChI is InChI=1S/C18H29NO/c1-5-17-16(10-11-20-17)18(19-4)15-8-6-14(7-9-15)12-13(2)3/h6-9,13,16-19H,5,10-12H2,1-4H3. The van der Waals surface area contributed by atoms with E-state index in [-0.39, 0.29) is 0 Å². The van der Waals surface area contributed by atoms with E-state index in [9.17, 15) is 0 Å². The van der Waals surface area contributed by atoms with E-state index in [0.717, 1.165) is 25.9 Å². The predicted octanol–water partition coefficient (Wildman–Crippen LogP) is 3.96. The van der Waals surface area contributed by atoms with Gasteiger partial charge in [-0.1, -0.05) is 45.0 Å². The first-order valence-corrected chi connectivity index (χ1v) is 8.03. The molecule has 1 heterocycles. The normalized spacial score (nSPS) is 24.2. The summed E-state index contributed by atoms with van der Waals surface area (Å²) in [5.41, 5.74) is 2.84. The Morgan fingerprint density at radius 2 is 1.95 bits per heavy atom. The van der Waals surface area contributed by atoms with Crippen LogP contribution >= 0.6 is 0 Å². The first-order chi connectivity index (χ1) is 9.65. The summed E-state index contributed by atoms with van der Waals surface area (Å²) in [5.74, 6) is 1.31. The van der Waals surface area contributed by atoms with E-state index >= 15 is 0 Å². The molecule has 0 spiro atoms. The molecule has 1 aromatic carbocycles. The van der Waals surface area contributed by atoms with Gasteiger partial charge >= 0.3 is 0 Å². The van der Waals surface area contributed by atoms with Gasteiger partial charge in [0.2, 0.25) is 0 Å². The van der Waals surface area contributed by atoms with Crippen molar-refractivity contribution < 1.29 is 4.74 Å². The summed E-state index contributed by atoms with van der Waals surface area (Å²) in [6, 6.07) is 9.58. The zero-order chi connectivity index (χ0) is 14.5. The Bertz CT molecular complexity index is 398. The second-order valence-electron chi connectivity index (χ2n) is 6.38. The minimum atomic E-state index is 0.405. The molecule has 1 saturated heterocycles. The zero-order valence-corrected chi connectivity index (χ0v) is 13.4. The third kappa shape index (κ3) is 3.62. The number of benzene rings is 1. The van der Waals surface area contributed by atoms with Crippen molar-refractivity contribution in [3.63, 3.8) is 0 Å². The molecule has 1 fully saturated rings. The molecule has 0 aromatic heterocycles. The fraction of sp³-hybridized carbons (Fsp3) is 0.667. The first-order valence-electron chi connectivity index (χ1n) is 8.03. The van der Waals surface area contributed by atoms with Gasteiger partial charge in [-0.15, -0.1) is 0 Å². The molecule has 2 heteroatoms. The van der Waals surface area contributed by atoms with E-state index < -0.39 is 0 Å². The van der Waals surface area contributed by atoms with E-state index in [1.165, 1.54) is 11.1 Å². The molecule has 0 aliphatic carbocycles. The molecular weight excluding hydrogens is 246 g/mol. The highest BCUT2D eigenvalue weighted by molar-refractivity contribution is 5.26. The fourth-order valence-corrected chi connectivity index (χ4v) is 3.43. The quantitative estimate of drug-likeness (QED) is 0.848. The van der Waals surface area contributed by atoms with Gasteiger partial charge in [0.25, 0.3) is 0 Å². The van der Waals surface area contributed by atoms with E-state index in [1.54, 1.807) is 0 Å². The van der Waals surface area contributed by atoms with Crippen LogP contribution in [0, 0.1) is 11.8 Å². The van der Waals surface area contributed by atoms with Crippen molar-refractivity contribution in [2.45, 2.75) is 52.2 Å². The smallest absolute Gasteiger partial charge is 0.0619 e. The number of hydrogen-bond donors (Lipinski definition) is 1. The van der Waals surface area contributed by atoms with Crippen LogP contribution in [0.1, 0.15) is 50.8 Å². The maximum atomic E-state index is 5.86. The molecule has 2 nitrogen and oxygen atoms in total. The Kier molecular flexibility index (Phi) is 5.62. The molecular formula is C18H29NO. The molecule has 1 aliphatic heterocycles. The van der Waals surface area contributed by atoms with Gasteiger partial charge in [-0.2, -0.15) is 0 Å². The lowest BCUT2D eigenvalue weighted by Crippen LogP contribution is -2.30. The summed E-state index contributed by atoms with van der Waals surface area (Å²) in [6.45, 7) is 7.67. The summed E-state index contributed by atoms with van der Waals surface area (Å²) in [7, 11) is 2.07. The molecule has 1 aliphatic rings. The molecule has 1 aromatic rings. The van der Waals surface area contributed by atoms with E-state index in [0.29, 0.717) is 24.0 Å². The lowest BCUT2D eigenvalue weighted by atomic mass is 9.86. The number of nitrogens with one attached hydrogen (secondary N) is 1. The summed E-state index contributed by atoms with van der Waals surface area (Å²) >= 11 is 0. The Morgan fingerprint density at radius 3 is 2.50 bits per heavy atom. The number of ether oxygens (including phenoxy) is 1. The minimum absolute atomic E-state index is 0.405. The third-order valence-electron chi connectivity index (χ3n) is 4.38. The van der Waals surface area contributed by atoms with Crippen molar-refractivity contribution in [2.75, 3.05) is 13.7 Å². The Morgan fingerprint density at radius 1 is 1.25 bits per heavy atom. The van der Waals surface area contributed by atoms with Crippen LogP contribution in [0.3, 0.4) is 0 Å². The molecule has 0 saturated carbocycles. The van der Waals surface area contributed by atoms with Crippen LogP contribution in [0.5, 0.6) is 0 Å². The summed E-state index contributed by atoms with van der Waals surface area (Å²) in [5, 5.41) is 3.50. The first kappa shape index (κ1) is 15.5. The summed E-state index contributed by atoms with van der Waals surface area (Å²) in [6.07, 6.45) is 3.84. The molecule has 0 amide bonds. The fourth-order valence-electron chi connectivity index (χ4n) is 3.43.